The molecule has 62 heavy (non-hydrogen) atoms. The Kier molecular flexibility index (Phi) is 15.3. The van der Waals surface area contributed by atoms with Gasteiger partial charge in [-0.05, 0) is 77.6 Å². The van der Waals surface area contributed by atoms with Crippen LogP contribution in [0.2, 0.25) is 0 Å². The van der Waals surface area contributed by atoms with Gasteiger partial charge in [-0.25, -0.2) is 4.79 Å². The Morgan fingerprint density at radius 1 is 0.855 bits per heavy atom. The topological polar surface area (TPSA) is 176 Å². The summed E-state index contributed by atoms with van der Waals surface area (Å²) in [5.41, 5.74) is 6.23. The van der Waals surface area contributed by atoms with Gasteiger partial charge in [-0.2, -0.15) is 0 Å². The number of phenolic OH excluding ortho intramolecular Hbond substituents is 1. The van der Waals surface area contributed by atoms with Crippen molar-refractivity contribution in [2.24, 2.45) is 0 Å². The number of fused-ring (bicyclic) bond motifs is 1. The van der Waals surface area contributed by atoms with E-state index in [1.54, 1.807) is 24.1 Å². The Labute approximate surface area is 361 Å². The highest BCUT2D eigenvalue weighted by Gasteiger charge is 2.24. The summed E-state index contributed by atoms with van der Waals surface area (Å²) >= 11 is 0. The second-order valence-corrected chi connectivity index (χ2v) is 15.2. The van der Waals surface area contributed by atoms with Crippen LogP contribution in [-0.4, -0.2) is 77.3 Å². The Morgan fingerprint density at radius 2 is 1.60 bits per heavy atom. The zero-order valence-electron chi connectivity index (χ0n) is 34.0. The molecule has 6 aromatic rings. The number of benzene rings is 5. The number of piperidine rings is 1. The molecule has 0 saturated carbocycles. The van der Waals surface area contributed by atoms with Gasteiger partial charge in [0.1, 0.15) is 11.9 Å². The van der Waals surface area contributed by atoms with Crippen LogP contribution in [0.1, 0.15) is 49.5 Å². The van der Waals surface area contributed by atoms with E-state index in [-0.39, 0.29) is 55.1 Å². The molecule has 13 nitrogen and oxygen atoms in total. The van der Waals surface area contributed by atoms with Crippen molar-refractivity contribution in [1.29, 1.82) is 0 Å². The van der Waals surface area contributed by atoms with Crippen LogP contribution >= 0.6 is 0 Å². The molecule has 0 bridgehead atoms. The molecule has 3 amide bonds. The molecule has 1 aromatic heterocycles. The molecule has 7 rings (SSSR count). The summed E-state index contributed by atoms with van der Waals surface area (Å²) in [6.45, 7) is 2.73. The van der Waals surface area contributed by atoms with E-state index in [1.807, 2.05) is 103 Å². The Hall–Kier alpha value is -6.80. The summed E-state index contributed by atoms with van der Waals surface area (Å²) in [6, 6.07) is 38.4. The quantitative estimate of drug-likeness (QED) is 0.0608. The summed E-state index contributed by atoms with van der Waals surface area (Å²) < 4.78 is 5.78. The highest BCUT2D eigenvalue weighted by atomic mass is 16.6. The third-order valence-corrected chi connectivity index (χ3v) is 10.9. The average molecular weight is 839 g/mol. The van der Waals surface area contributed by atoms with E-state index in [0.717, 1.165) is 35.3 Å². The van der Waals surface area contributed by atoms with Gasteiger partial charge in [-0.3, -0.25) is 19.7 Å². The second kappa shape index (κ2) is 21.1. The fraction of sp³-hybridized carbons (Fsp3) is 0.265. The van der Waals surface area contributed by atoms with Crippen molar-refractivity contribution in [3.05, 3.63) is 154 Å². The number of hydrogen-bond acceptors (Lipinski definition) is 9. The number of aromatic amines is 1. The van der Waals surface area contributed by atoms with Gasteiger partial charge < -0.3 is 40.4 Å². The molecule has 1 aliphatic heterocycles. The minimum atomic E-state index is -0.877. The summed E-state index contributed by atoms with van der Waals surface area (Å²) in [6.07, 6.45) is 0.264. The second-order valence-electron chi connectivity index (χ2n) is 15.2. The van der Waals surface area contributed by atoms with Crippen molar-refractivity contribution in [1.82, 2.24) is 15.2 Å². The standard InChI is InChI=1S/C48H50N6O7.CH4/c1-53(46(59)24-27-54-25-22-37(23-26-54)61-48(60)51-41-13-6-5-12-38(41)34-9-3-2-4-10-34)36-11-7-8-33(28-36)29-45(58)50-35-16-14-32(15-17-35)30-49-31-43(56)39-18-20-42(55)47-40(39)19-21-44(57)52-47;/h2-21,28,37,43,49,55-56H,22-27,29-31H2,1H3,(H,50,58)(H,51,60)(H,52,57);1H4/t43-;/m0./s1. The Morgan fingerprint density at radius 3 is 2.37 bits per heavy atom. The lowest BCUT2D eigenvalue weighted by Crippen LogP contribution is -2.40. The molecule has 322 valence electrons. The summed E-state index contributed by atoms with van der Waals surface area (Å²) in [5.74, 6) is -0.289. The molecular weight excluding hydrogens is 785 g/mol. The van der Waals surface area contributed by atoms with E-state index in [1.165, 1.54) is 12.1 Å². The average Bonchev–Trinajstić information content (AvgIpc) is 3.27. The number of likely N-dealkylation sites (tertiary alicyclic amines) is 1. The SMILES string of the molecule is C.CN(C(=O)CCN1CCC(OC(=O)Nc2ccccc2-c2ccccc2)CC1)c1cccc(CC(=O)Nc2ccc(CNC[C@H](O)c3ccc(O)c4[nH]c(=O)ccc34)cc2)c1. The van der Waals surface area contributed by atoms with Gasteiger partial charge in [0.05, 0.1) is 23.7 Å². The Balaban J connectivity index is 0.00000641. The number of aliphatic hydroxyl groups excluding tert-OH is 1. The van der Waals surface area contributed by atoms with E-state index in [2.05, 4.69) is 25.8 Å². The van der Waals surface area contributed by atoms with Gasteiger partial charge in [0, 0.05) is 74.6 Å². The highest BCUT2D eigenvalue weighted by Crippen LogP contribution is 2.30. The monoisotopic (exact) mass is 838 g/mol. The van der Waals surface area contributed by atoms with Crippen LogP contribution in [0.25, 0.3) is 22.0 Å². The van der Waals surface area contributed by atoms with Gasteiger partial charge in [0.2, 0.25) is 17.4 Å². The number of ether oxygens (including phenoxy) is 1. The maximum Gasteiger partial charge on any atom is 0.411 e. The van der Waals surface area contributed by atoms with Gasteiger partial charge >= 0.3 is 6.09 Å². The maximum absolute atomic E-state index is 13.2. The number of rotatable bonds is 15. The molecule has 5 aromatic carbocycles. The zero-order chi connectivity index (χ0) is 42.7. The van der Waals surface area contributed by atoms with E-state index in [9.17, 15) is 29.4 Å². The van der Waals surface area contributed by atoms with Crippen molar-refractivity contribution < 1.29 is 29.3 Å². The third kappa shape index (κ3) is 11.7. The van der Waals surface area contributed by atoms with Crippen LogP contribution in [0.15, 0.2) is 132 Å². The first-order chi connectivity index (χ1) is 29.6. The number of hydrogen-bond donors (Lipinski definition) is 6. The lowest BCUT2D eigenvalue weighted by atomic mass is 10.0. The van der Waals surface area contributed by atoms with Gasteiger partial charge in [0.15, 0.2) is 0 Å². The molecule has 0 spiro atoms. The van der Waals surface area contributed by atoms with Gasteiger partial charge in [-0.1, -0.05) is 86.3 Å². The highest BCUT2D eigenvalue weighted by molar-refractivity contribution is 5.95. The molecule has 6 N–H and O–H groups in total. The molecule has 1 fully saturated rings. The van der Waals surface area contributed by atoms with Crippen LogP contribution in [0.3, 0.4) is 0 Å². The predicted octanol–water partition coefficient (Wildman–Crippen LogP) is 7.61. The van der Waals surface area contributed by atoms with E-state index < -0.39 is 12.2 Å². The van der Waals surface area contributed by atoms with Crippen molar-refractivity contribution >= 4 is 45.9 Å². The fourth-order valence-corrected chi connectivity index (χ4v) is 7.55. The molecule has 2 heterocycles. The molecule has 0 aliphatic carbocycles. The molecule has 0 unspecified atom stereocenters. The molecule has 1 aliphatic rings. The molecule has 13 heteroatoms. The number of carbonyl (C=O) groups is 3. The summed E-state index contributed by atoms with van der Waals surface area (Å²) in [7, 11) is 1.74. The van der Waals surface area contributed by atoms with Crippen LogP contribution in [0.4, 0.5) is 21.9 Å². The van der Waals surface area contributed by atoms with E-state index in [4.69, 9.17) is 4.74 Å². The minimum absolute atomic E-state index is 0. The lowest BCUT2D eigenvalue weighted by molar-refractivity contribution is -0.118. The number of nitrogens with zero attached hydrogens (tertiary/aromatic N) is 2. The number of phenols is 1. The summed E-state index contributed by atoms with van der Waals surface area (Å²) in [4.78, 5) is 57.2. The van der Waals surface area contributed by atoms with Gasteiger partial charge in [0.25, 0.3) is 0 Å². The molecule has 0 radical (unpaired) electrons. The predicted molar refractivity (Wildman–Crippen MR) is 244 cm³/mol. The molecule has 1 saturated heterocycles. The number of aromatic hydroxyl groups is 1. The van der Waals surface area contributed by atoms with Crippen molar-refractivity contribution in [3.63, 3.8) is 0 Å². The van der Waals surface area contributed by atoms with Gasteiger partial charge in [-0.15, -0.1) is 0 Å². The first-order valence-electron chi connectivity index (χ1n) is 20.4. The smallest absolute Gasteiger partial charge is 0.411 e. The lowest BCUT2D eigenvalue weighted by Gasteiger charge is -2.31. The fourth-order valence-electron chi connectivity index (χ4n) is 7.55. The molecule has 1 atom stereocenters. The Bertz CT molecular complexity index is 2520. The largest absolute Gasteiger partial charge is 0.506 e. The van der Waals surface area contributed by atoms with E-state index >= 15 is 0 Å². The number of nitrogens with one attached hydrogen (secondary N) is 4. The zero-order valence-corrected chi connectivity index (χ0v) is 34.0. The first-order valence-corrected chi connectivity index (χ1v) is 20.4. The number of anilines is 3. The van der Waals surface area contributed by atoms with Crippen molar-refractivity contribution in [3.8, 4) is 16.9 Å². The van der Waals surface area contributed by atoms with Crippen LogP contribution < -0.4 is 26.4 Å². The van der Waals surface area contributed by atoms with Crippen molar-refractivity contribution in [2.45, 2.75) is 51.9 Å². The first kappa shape index (κ1) is 44.7. The molecular formula is C49H54N6O7. The third-order valence-electron chi connectivity index (χ3n) is 10.9. The minimum Gasteiger partial charge on any atom is -0.506 e. The van der Waals surface area contributed by atoms with Crippen LogP contribution in [-0.2, 0) is 27.3 Å². The number of aliphatic hydroxyl groups is 1. The number of carbonyl (C=O) groups excluding carboxylic acids is 3. The van der Waals surface area contributed by atoms with Crippen LogP contribution in [0, 0.1) is 0 Å². The van der Waals surface area contributed by atoms with Crippen LogP contribution in [0.5, 0.6) is 5.75 Å². The number of para-hydroxylation sites is 1. The summed E-state index contributed by atoms with van der Waals surface area (Å²) in [5, 5.41) is 30.6. The maximum atomic E-state index is 13.2. The number of H-pyrrole nitrogens is 1. The number of pyridine rings is 1. The van der Waals surface area contributed by atoms with E-state index in [0.29, 0.717) is 60.4 Å². The van der Waals surface area contributed by atoms with Crippen molar-refractivity contribution in [2.75, 3.05) is 48.8 Å². The number of aromatic nitrogens is 1. The number of amides is 3. The normalized spacial score (nSPS) is 13.5.